The SMILES string of the molecule is C/C(=C\P)C(=O)CP.CC(=O)CP. The molecule has 0 heterocycles. The van der Waals surface area contributed by atoms with Crippen molar-refractivity contribution in [3.63, 3.8) is 0 Å². The Bertz CT molecular complexity index is 200. The van der Waals surface area contributed by atoms with Crippen LogP contribution in [0.25, 0.3) is 0 Å². The second-order valence-corrected chi connectivity index (χ2v) is 3.53. The van der Waals surface area contributed by atoms with Crippen LogP contribution in [0.4, 0.5) is 0 Å². The molecule has 3 atom stereocenters. The van der Waals surface area contributed by atoms with E-state index in [1.807, 2.05) is 0 Å². The average Bonchev–Trinajstić information content (AvgIpc) is 2.16. The van der Waals surface area contributed by atoms with Crippen molar-refractivity contribution in [3.05, 3.63) is 11.4 Å². The van der Waals surface area contributed by atoms with Gasteiger partial charge in [0.05, 0.1) is 0 Å². The largest absolute Gasteiger partial charge is 0.300 e. The van der Waals surface area contributed by atoms with Gasteiger partial charge >= 0.3 is 0 Å². The second-order valence-electron chi connectivity index (χ2n) is 2.38. The Morgan fingerprint density at radius 3 is 1.62 bits per heavy atom. The van der Waals surface area contributed by atoms with E-state index in [0.29, 0.717) is 12.3 Å². The molecular weight excluding hydrogens is 221 g/mol. The van der Waals surface area contributed by atoms with Crippen LogP contribution in [0.1, 0.15) is 13.8 Å². The molecule has 0 aromatic rings. The average molecular weight is 238 g/mol. The predicted octanol–water partition coefficient (Wildman–Crippen LogP) is 1.66. The van der Waals surface area contributed by atoms with Crippen LogP contribution in [0.15, 0.2) is 11.4 Å². The third kappa shape index (κ3) is 12.4. The molecule has 0 rings (SSSR count). The summed E-state index contributed by atoms with van der Waals surface area (Å²) in [7, 11) is 7.14. The molecule has 0 radical (unpaired) electrons. The van der Waals surface area contributed by atoms with Gasteiger partial charge < -0.3 is 0 Å². The zero-order chi connectivity index (χ0) is 10.9. The minimum Gasteiger partial charge on any atom is -0.300 e. The maximum absolute atomic E-state index is 10.6. The van der Waals surface area contributed by atoms with Gasteiger partial charge in [0.15, 0.2) is 5.78 Å². The first kappa shape index (κ1) is 15.8. The number of allylic oxidation sites excluding steroid dienone is 1. The molecule has 0 aromatic heterocycles. The first-order valence-electron chi connectivity index (χ1n) is 3.80. The van der Waals surface area contributed by atoms with Crippen LogP contribution in [0.5, 0.6) is 0 Å². The molecule has 0 saturated heterocycles. The third-order valence-corrected chi connectivity index (χ3v) is 2.61. The Morgan fingerprint density at radius 2 is 1.54 bits per heavy atom. The molecule has 13 heavy (non-hydrogen) atoms. The van der Waals surface area contributed by atoms with E-state index in [1.165, 1.54) is 0 Å². The van der Waals surface area contributed by atoms with Crippen molar-refractivity contribution in [3.8, 4) is 0 Å². The maximum Gasteiger partial charge on any atom is 0.162 e. The van der Waals surface area contributed by atoms with E-state index < -0.39 is 0 Å². The molecule has 0 N–H and O–H groups in total. The van der Waals surface area contributed by atoms with Crippen LogP contribution < -0.4 is 0 Å². The molecule has 5 heteroatoms. The van der Waals surface area contributed by atoms with Gasteiger partial charge in [-0.2, -0.15) is 0 Å². The van der Waals surface area contributed by atoms with E-state index in [1.54, 1.807) is 19.7 Å². The molecule has 0 amide bonds. The Balaban J connectivity index is 0. The van der Waals surface area contributed by atoms with Crippen molar-refractivity contribution in [2.24, 2.45) is 0 Å². The minimum absolute atomic E-state index is 0.185. The van der Waals surface area contributed by atoms with Crippen molar-refractivity contribution in [1.29, 1.82) is 0 Å². The highest BCUT2D eigenvalue weighted by Crippen LogP contribution is 2.00. The van der Waals surface area contributed by atoms with Gasteiger partial charge in [-0.3, -0.25) is 9.59 Å². The maximum atomic E-state index is 10.6. The van der Waals surface area contributed by atoms with E-state index in [0.717, 1.165) is 5.57 Å². The van der Waals surface area contributed by atoms with Crippen LogP contribution in [-0.4, -0.2) is 23.9 Å². The summed E-state index contributed by atoms with van der Waals surface area (Å²) in [4.78, 5) is 20.4. The molecule has 0 spiro atoms. The highest BCUT2D eigenvalue weighted by Gasteiger charge is 1.96. The smallest absolute Gasteiger partial charge is 0.162 e. The first-order valence-corrected chi connectivity index (χ1v) is 6.10. The summed E-state index contributed by atoms with van der Waals surface area (Å²) in [6, 6.07) is 0. The zero-order valence-electron chi connectivity index (χ0n) is 8.04. The minimum atomic E-state index is 0.185. The molecule has 3 unspecified atom stereocenters. The van der Waals surface area contributed by atoms with E-state index in [9.17, 15) is 9.59 Å². The Kier molecular flexibility index (Phi) is 12.7. The van der Waals surface area contributed by atoms with Gasteiger partial charge in [0.25, 0.3) is 0 Å². The Morgan fingerprint density at radius 1 is 1.15 bits per heavy atom. The summed E-state index contributed by atoms with van der Waals surface area (Å²) in [6.07, 6.45) is 1.11. The van der Waals surface area contributed by atoms with Gasteiger partial charge in [0, 0.05) is 12.3 Å². The zero-order valence-corrected chi connectivity index (χ0v) is 11.5. The van der Waals surface area contributed by atoms with Crippen LogP contribution in [0, 0.1) is 0 Å². The topological polar surface area (TPSA) is 34.1 Å². The van der Waals surface area contributed by atoms with Gasteiger partial charge in [-0.15, -0.1) is 27.7 Å². The standard InChI is InChI=1S/C5H10OP2.C3H7OP/c1-4(2-7)5(6)3-8;1-3(4)2-5/h2H,3,7-8H2,1H3;2,5H2,1H3/b4-2+;. The Hall–Kier alpha value is 0.370. The second kappa shape index (κ2) is 10.5. The fourth-order valence-electron chi connectivity index (χ4n) is 0.254. The molecule has 0 fully saturated rings. The molecule has 76 valence electrons. The summed E-state index contributed by atoms with van der Waals surface area (Å²) in [5.74, 6) is 2.15. The summed E-state index contributed by atoms with van der Waals surface area (Å²) in [6.45, 7) is 3.37. The summed E-state index contributed by atoms with van der Waals surface area (Å²) >= 11 is 0. The van der Waals surface area contributed by atoms with E-state index in [4.69, 9.17) is 0 Å². The van der Waals surface area contributed by atoms with Crippen molar-refractivity contribution < 1.29 is 9.59 Å². The number of Topliss-reactive ketones (excluding diaryl/α,β-unsaturated/α-hetero) is 2. The summed E-state index contributed by atoms with van der Waals surface area (Å²) < 4.78 is 0. The quantitative estimate of drug-likeness (QED) is 0.553. The van der Waals surface area contributed by atoms with Crippen LogP contribution in [0.2, 0.25) is 0 Å². The number of hydrogen-bond acceptors (Lipinski definition) is 2. The highest BCUT2D eigenvalue weighted by atomic mass is 31.0. The number of rotatable bonds is 3. The van der Waals surface area contributed by atoms with Crippen LogP contribution >= 0.6 is 27.7 Å². The first-order chi connectivity index (χ1) is 5.99. The number of carbonyl (C=O) groups excluding carboxylic acids is 2. The summed E-state index contributed by atoms with van der Waals surface area (Å²) in [5, 5.41) is 0. The molecule has 2 nitrogen and oxygen atoms in total. The fraction of sp³-hybridized carbons (Fsp3) is 0.500. The van der Waals surface area contributed by atoms with Crippen LogP contribution in [-0.2, 0) is 9.59 Å². The summed E-state index contributed by atoms with van der Waals surface area (Å²) in [5.41, 5.74) is 0.810. The number of carbonyl (C=O) groups is 2. The highest BCUT2D eigenvalue weighted by molar-refractivity contribution is 7.21. The molecule has 0 aliphatic carbocycles. The molecule has 0 aliphatic rings. The predicted molar refractivity (Wildman–Crippen MR) is 68.3 cm³/mol. The molecule has 0 aliphatic heterocycles. The number of ketones is 2. The Labute approximate surface area is 86.9 Å². The normalized spacial score (nSPS) is 10.1. The molecule has 0 saturated carbocycles. The lowest BCUT2D eigenvalue weighted by atomic mass is 10.2. The van der Waals surface area contributed by atoms with Crippen molar-refractivity contribution >= 4 is 39.3 Å². The van der Waals surface area contributed by atoms with E-state index in [-0.39, 0.29) is 11.6 Å². The molecule has 0 bridgehead atoms. The van der Waals surface area contributed by atoms with Gasteiger partial charge in [0.2, 0.25) is 0 Å². The lowest BCUT2D eigenvalue weighted by molar-refractivity contribution is -0.115. The fourth-order valence-corrected chi connectivity index (χ4v) is 0.762. The van der Waals surface area contributed by atoms with Crippen molar-refractivity contribution in [1.82, 2.24) is 0 Å². The van der Waals surface area contributed by atoms with E-state index >= 15 is 0 Å². The van der Waals surface area contributed by atoms with Gasteiger partial charge in [-0.1, -0.05) is 5.82 Å². The van der Waals surface area contributed by atoms with Crippen molar-refractivity contribution in [2.45, 2.75) is 13.8 Å². The molecular formula is C8H17O2P3. The van der Waals surface area contributed by atoms with Gasteiger partial charge in [0.1, 0.15) is 5.78 Å². The molecule has 0 aromatic carbocycles. The van der Waals surface area contributed by atoms with E-state index in [2.05, 4.69) is 27.7 Å². The van der Waals surface area contributed by atoms with Gasteiger partial charge in [-0.25, -0.2) is 0 Å². The van der Waals surface area contributed by atoms with Crippen LogP contribution in [0.3, 0.4) is 0 Å². The third-order valence-electron chi connectivity index (χ3n) is 1.16. The monoisotopic (exact) mass is 238 g/mol. The van der Waals surface area contributed by atoms with Gasteiger partial charge in [-0.05, 0) is 19.4 Å². The lowest BCUT2D eigenvalue weighted by Gasteiger charge is -1.90. The van der Waals surface area contributed by atoms with Crippen molar-refractivity contribution in [2.75, 3.05) is 12.3 Å². The number of hydrogen-bond donors (Lipinski definition) is 0. The lowest BCUT2D eigenvalue weighted by Crippen LogP contribution is -1.98.